The van der Waals surface area contributed by atoms with Crippen LogP contribution in [0.5, 0.6) is 0 Å². The molecule has 1 fully saturated rings. The van der Waals surface area contributed by atoms with Crippen LogP contribution in [0.25, 0.3) is 0 Å². The lowest BCUT2D eigenvalue weighted by Crippen LogP contribution is -2.44. The van der Waals surface area contributed by atoms with Crippen molar-refractivity contribution >= 4 is 21.6 Å². The normalized spacial score (nSPS) is 19.5. The molecule has 1 amide bonds. The van der Waals surface area contributed by atoms with Crippen molar-refractivity contribution in [3.05, 3.63) is 29.8 Å². The van der Waals surface area contributed by atoms with Gasteiger partial charge < -0.3 is 5.32 Å². The van der Waals surface area contributed by atoms with Gasteiger partial charge in [-0.1, -0.05) is 31.5 Å². The molecule has 0 spiro atoms. The zero-order valence-electron chi connectivity index (χ0n) is 13.9. The minimum absolute atomic E-state index is 0.0882. The standard InChI is InChI=1S/C17H26N2O3S/c1-3-4-12-23(21,22)19-11-7-9-15(13-19)17(20)18-16-10-6-5-8-14(16)2/h5-6,8,10,15H,3-4,7,9,11-13H2,1-2H3,(H,18,20)/t15-/m0/s1. The first kappa shape index (κ1) is 17.9. The van der Waals surface area contributed by atoms with Crippen molar-refractivity contribution in [1.82, 2.24) is 4.31 Å². The average molecular weight is 338 g/mol. The van der Waals surface area contributed by atoms with E-state index in [1.54, 1.807) is 0 Å². The SMILES string of the molecule is CCCCS(=O)(=O)N1CCC[C@H](C(=O)Nc2ccccc2C)C1. The number of carbonyl (C=O) groups excluding carboxylic acids is 1. The molecule has 0 bridgehead atoms. The Bertz CT molecular complexity index is 643. The highest BCUT2D eigenvalue weighted by atomic mass is 32.2. The maximum absolute atomic E-state index is 12.5. The highest BCUT2D eigenvalue weighted by Gasteiger charge is 2.32. The minimum Gasteiger partial charge on any atom is -0.326 e. The van der Waals surface area contributed by atoms with Gasteiger partial charge >= 0.3 is 0 Å². The number of nitrogens with zero attached hydrogens (tertiary/aromatic N) is 1. The van der Waals surface area contributed by atoms with Gasteiger partial charge in [0.1, 0.15) is 0 Å². The van der Waals surface area contributed by atoms with Crippen LogP contribution in [0.4, 0.5) is 5.69 Å². The number of sulfonamides is 1. The van der Waals surface area contributed by atoms with Crippen LogP contribution < -0.4 is 5.32 Å². The Hall–Kier alpha value is -1.40. The summed E-state index contributed by atoms with van der Waals surface area (Å²) in [5.74, 6) is -0.190. The second-order valence-electron chi connectivity index (χ2n) is 6.17. The summed E-state index contributed by atoms with van der Waals surface area (Å²) in [5.41, 5.74) is 1.80. The number of piperidine rings is 1. The molecule has 1 N–H and O–H groups in total. The van der Waals surface area contributed by atoms with Crippen LogP contribution in [0.15, 0.2) is 24.3 Å². The third-order valence-corrected chi connectivity index (χ3v) is 6.23. The Kier molecular flexibility index (Phi) is 6.18. The summed E-state index contributed by atoms with van der Waals surface area (Å²) < 4.78 is 26.1. The van der Waals surface area contributed by atoms with E-state index >= 15 is 0 Å². The van der Waals surface area contributed by atoms with Crippen molar-refractivity contribution < 1.29 is 13.2 Å². The predicted molar refractivity (Wildman–Crippen MR) is 92.8 cm³/mol. The lowest BCUT2D eigenvalue weighted by Gasteiger charge is -2.31. The Labute approximate surface area is 139 Å². The lowest BCUT2D eigenvalue weighted by molar-refractivity contribution is -0.120. The largest absolute Gasteiger partial charge is 0.326 e. The second-order valence-corrected chi connectivity index (χ2v) is 8.26. The number of amides is 1. The molecule has 0 aromatic heterocycles. The van der Waals surface area contributed by atoms with Crippen molar-refractivity contribution in [3.8, 4) is 0 Å². The predicted octanol–water partition coefficient (Wildman–Crippen LogP) is 2.78. The van der Waals surface area contributed by atoms with Gasteiger partial charge in [-0.2, -0.15) is 0 Å². The summed E-state index contributed by atoms with van der Waals surface area (Å²) >= 11 is 0. The van der Waals surface area contributed by atoms with E-state index in [-0.39, 0.29) is 17.6 Å². The van der Waals surface area contributed by atoms with Crippen molar-refractivity contribution in [1.29, 1.82) is 0 Å². The van der Waals surface area contributed by atoms with Crippen LogP contribution in [0.3, 0.4) is 0 Å². The molecule has 0 aliphatic carbocycles. The number of hydrogen-bond donors (Lipinski definition) is 1. The van der Waals surface area contributed by atoms with Crippen LogP contribution in [0, 0.1) is 12.8 Å². The quantitative estimate of drug-likeness (QED) is 0.867. The van der Waals surface area contributed by atoms with E-state index in [1.807, 2.05) is 38.1 Å². The molecule has 0 radical (unpaired) electrons. The van der Waals surface area contributed by atoms with Crippen molar-refractivity contribution in [2.24, 2.45) is 5.92 Å². The molecule has 6 heteroatoms. The number of rotatable bonds is 6. The monoisotopic (exact) mass is 338 g/mol. The van der Waals surface area contributed by atoms with Crippen LogP contribution >= 0.6 is 0 Å². The van der Waals surface area contributed by atoms with Gasteiger partial charge in [0, 0.05) is 18.8 Å². The zero-order valence-corrected chi connectivity index (χ0v) is 14.7. The number of carbonyl (C=O) groups is 1. The van der Waals surface area contributed by atoms with Gasteiger partial charge in [-0.3, -0.25) is 4.79 Å². The smallest absolute Gasteiger partial charge is 0.228 e. The fraction of sp³-hybridized carbons (Fsp3) is 0.588. The molecular formula is C17H26N2O3S. The molecular weight excluding hydrogens is 312 g/mol. The van der Waals surface area contributed by atoms with E-state index in [1.165, 1.54) is 4.31 Å². The van der Waals surface area contributed by atoms with E-state index in [2.05, 4.69) is 5.32 Å². The van der Waals surface area contributed by atoms with Crippen LogP contribution in [0.1, 0.15) is 38.2 Å². The van der Waals surface area contributed by atoms with Crippen LogP contribution in [-0.4, -0.2) is 37.5 Å². The second kappa shape index (κ2) is 7.93. The van der Waals surface area contributed by atoms with E-state index in [0.717, 1.165) is 30.5 Å². The number of unbranched alkanes of at least 4 members (excludes halogenated alkanes) is 1. The molecule has 23 heavy (non-hydrogen) atoms. The molecule has 0 unspecified atom stereocenters. The first-order valence-corrected chi connectivity index (χ1v) is 9.89. The zero-order chi connectivity index (χ0) is 16.9. The van der Waals surface area contributed by atoms with Gasteiger partial charge in [0.25, 0.3) is 0 Å². The fourth-order valence-electron chi connectivity index (χ4n) is 2.81. The van der Waals surface area contributed by atoms with Gasteiger partial charge in [-0.05, 0) is 37.8 Å². The number of benzene rings is 1. The topological polar surface area (TPSA) is 66.5 Å². The maximum Gasteiger partial charge on any atom is 0.228 e. The Morgan fingerprint density at radius 3 is 2.78 bits per heavy atom. The minimum atomic E-state index is -3.24. The Balaban J connectivity index is 2.00. The molecule has 0 saturated carbocycles. The lowest BCUT2D eigenvalue weighted by atomic mass is 9.98. The molecule has 1 aliphatic rings. The molecule has 1 saturated heterocycles. The molecule has 5 nitrogen and oxygen atoms in total. The van der Waals surface area contributed by atoms with Gasteiger partial charge in [0.2, 0.25) is 15.9 Å². The summed E-state index contributed by atoms with van der Waals surface area (Å²) in [4.78, 5) is 12.5. The van der Waals surface area contributed by atoms with Crippen molar-refractivity contribution in [2.45, 2.75) is 39.5 Å². The van der Waals surface area contributed by atoms with Crippen molar-refractivity contribution in [2.75, 3.05) is 24.2 Å². The van der Waals surface area contributed by atoms with Gasteiger partial charge in [0.15, 0.2) is 0 Å². The first-order chi connectivity index (χ1) is 10.9. The maximum atomic E-state index is 12.5. The fourth-order valence-corrected chi connectivity index (χ4v) is 4.54. The number of aryl methyl sites for hydroxylation is 1. The first-order valence-electron chi connectivity index (χ1n) is 8.28. The van der Waals surface area contributed by atoms with Gasteiger partial charge in [0.05, 0.1) is 11.7 Å². The highest BCUT2D eigenvalue weighted by Crippen LogP contribution is 2.22. The number of nitrogens with one attached hydrogen (secondary N) is 1. The average Bonchev–Trinajstić information content (AvgIpc) is 2.55. The molecule has 128 valence electrons. The summed E-state index contributed by atoms with van der Waals surface area (Å²) in [5, 5.41) is 2.93. The Morgan fingerprint density at radius 1 is 1.35 bits per heavy atom. The molecule has 1 aromatic rings. The molecule has 2 rings (SSSR count). The third kappa shape index (κ3) is 4.78. The summed E-state index contributed by atoms with van der Waals surface area (Å²) in [6.07, 6.45) is 2.98. The summed E-state index contributed by atoms with van der Waals surface area (Å²) in [6.45, 7) is 4.74. The van der Waals surface area contributed by atoms with Gasteiger partial charge in [-0.25, -0.2) is 12.7 Å². The Morgan fingerprint density at radius 2 is 2.09 bits per heavy atom. The van der Waals surface area contributed by atoms with Crippen LogP contribution in [0.2, 0.25) is 0 Å². The summed E-state index contributed by atoms with van der Waals surface area (Å²) in [7, 11) is -3.24. The number of para-hydroxylation sites is 1. The van der Waals surface area contributed by atoms with Crippen LogP contribution in [-0.2, 0) is 14.8 Å². The molecule has 1 heterocycles. The van der Waals surface area contributed by atoms with E-state index < -0.39 is 10.0 Å². The third-order valence-electron chi connectivity index (χ3n) is 4.31. The van der Waals surface area contributed by atoms with E-state index in [0.29, 0.717) is 19.5 Å². The van der Waals surface area contributed by atoms with Crippen molar-refractivity contribution in [3.63, 3.8) is 0 Å². The highest BCUT2D eigenvalue weighted by molar-refractivity contribution is 7.89. The summed E-state index contributed by atoms with van der Waals surface area (Å²) in [6, 6.07) is 7.61. The molecule has 1 atom stereocenters. The molecule has 1 aromatic carbocycles. The van der Waals surface area contributed by atoms with E-state index in [4.69, 9.17) is 0 Å². The van der Waals surface area contributed by atoms with Gasteiger partial charge in [-0.15, -0.1) is 0 Å². The number of hydrogen-bond acceptors (Lipinski definition) is 3. The van der Waals surface area contributed by atoms with E-state index in [9.17, 15) is 13.2 Å². The molecule has 1 aliphatic heterocycles. The number of anilines is 1.